The Balaban J connectivity index is 1.96. The molecular formula is C23H30FNO6Si. The summed E-state index contributed by atoms with van der Waals surface area (Å²) < 4.78 is 20.6. The zero-order valence-corrected chi connectivity index (χ0v) is 20.3. The standard InChI is InChI=1S/C23H30FNO6Si/c1-12(31-32(5,6)23(2,3)4)17-18(25(20(17)27)21(28)22(29)30)15-11-10-13-14(19(15)26)8-7-9-16(13)24/h7-9,12,15,17-18H,10-11H2,1-6H3,(H,29,30)/t12-,15-,17-,18-/m1/s1. The maximum atomic E-state index is 14.2. The number of ketones is 1. The smallest absolute Gasteiger partial charge is 0.395 e. The Morgan fingerprint density at radius 1 is 1.25 bits per heavy atom. The lowest BCUT2D eigenvalue weighted by atomic mass is 9.69. The van der Waals surface area contributed by atoms with Gasteiger partial charge in [-0.3, -0.25) is 19.3 Å². The molecule has 0 spiro atoms. The molecule has 1 fully saturated rings. The van der Waals surface area contributed by atoms with Gasteiger partial charge in [-0.15, -0.1) is 0 Å². The van der Waals surface area contributed by atoms with Crippen LogP contribution in [0.4, 0.5) is 4.39 Å². The molecular weight excluding hydrogens is 433 g/mol. The molecule has 1 aromatic rings. The van der Waals surface area contributed by atoms with Crippen LogP contribution in [-0.2, 0) is 25.2 Å². The Labute approximate surface area is 188 Å². The highest BCUT2D eigenvalue weighted by Gasteiger charge is 2.60. The molecule has 32 heavy (non-hydrogen) atoms. The van der Waals surface area contributed by atoms with Crippen LogP contribution < -0.4 is 0 Å². The highest BCUT2D eigenvalue weighted by atomic mass is 28.4. The molecule has 9 heteroatoms. The van der Waals surface area contributed by atoms with Crippen molar-refractivity contribution in [2.75, 3.05) is 0 Å². The first kappa shape index (κ1) is 24.3. The molecule has 1 saturated heterocycles. The quantitative estimate of drug-likeness (QED) is 0.417. The predicted molar refractivity (Wildman–Crippen MR) is 117 cm³/mol. The number of carboxylic acid groups (broad SMARTS) is 1. The van der Waals surface area contributed by atoms with Crippen molar-refractivity contribution in [3.8, 4) is 0 Å². The number of Topliss-reactive ketones (excluding diaryl/α,β-unsaturated/α-hetero) is 1. The van der Waals surface area contributed by atoms with Gasteiger partial charge >= 0.3 is 11.9 Å². The summed E-state index contributed by atoms with van der Waals surface area (Å²) >= 11 is 0. The molecule has 1 heterocycles. The van der Waals surface area contributed by atoms with Crippen molar-refractivity contribution in [2.45, 2.75) is 70.8 Å². The van der Waals surface area contributed by atoms with Crippen LogP contribution in [0.1, 0.15) is 50.0 Å². The molecule has 0 unspecified atom stereocenters. The second kappa shape index (κ2) is 8.19. The third kappa shape index (κ3) is 3.92. The van der Waals surface area contributed by atoms with Gasteiger partial charge in [-0.1, -0.05) is 32.9 Å². The Kier molecular flexibility index (Phi) is 6.20. The summed E-state index contributed by atoms with van der Waals surface area (Å²) in [5.41, 5.74) is 0.540. The van der Waals surface area contributed by atoms with E-state index in [1.165, 1.54) is 18.2 Å². The summed E-state index contributed by atoms with van der Waals surface area (Å²) in [5.74, 6) is -6.23. The molecule has 7 nitrogen and oxygen atoms in total. The molecule has 1 aromatic carbocycles. The highest BCUT2D eigenvalue weighted by molar-refractivity contribution is 6.74. The van der Waals surface area contributed by atoms with Gasteiger partial charge in [0.15, 0.2) is 14.1 Å². The lowest BCUT2D eigenvalue weighted by Gasteiger charge is -2.52. The number of β-lactam (4-membered cyclic amide) rings is 1. The fourth-order valence-electron chi connectivity index (χ4n) is 4.49. The zero-order valence-electron chi connectivity index (χ0n) is 19.3. The molecule has 0 bridgehead atoms. The van der Waals surface area contributed by atoms with Crippen molar-refractivity contribution in [3.05, 3.63) is 35.1 Å². The van der Waals surface area contributed by atoms with Crippen LogP contribution in [-0.4, -0.2) is 54.0 Å². The number of aliphatic carboxylic acids is 1. The van der Waals surface area contributed by atoms with Crippen molar-refractivity contribution in [1.29, 1.82) is 0 Å². The van der Waals surface area contributed by atoms with E-state index in [-0.39, 0.29) is 29.2 Å². The van der Waals surface area contributed by atoms with Gasteiger partial charge in [0.25, 0.3) is 0 Å². The molecule has 174 valence electrons. The van der Waals surface area contributed by atoms with Crippen LogP contribution in [0.15, 0.2) is 18.2 Å². The predicted octanol–water partition coefficient (Wildman–Crippen LogP) is 3.42. The fourth-order valence-corrected chi connectivity index (χ4v) is 5.92. The summed E-state index contributed by atoms with van der Waals surface area (Å²) in [4.78, 5) is 50.6. The van der Waals surface area contributed by atoms with E-state index in [4.69, 9.17) is 4.43 Å². The number of carboxylic acids is 1. The average Bonchev–Trinajstić information content (AvgIpc) is 2.66. The van der Waals surface area contributed by atoms with Gasteiger partial charge in [0.1, 0.15) is 5.82 Å². The Bertz CT molecular complexity index is 985. The fraction of sp³-hybridized carbons (Fsp3) is 0.565. The minimum atomic E-state index is -2.28. The highest BCUT2D eigenvalue weighted by Crippen LogP contribution is 2.44. The van der Waals surface area contributed by atoms with Gasteiger partial charge in [-0.25, -0.2) is 9.18 Å². The number of halogens is 1. The number of nitrogens with zero attached hydrogens (tertiary/aromatic N) is 1. The first-order valence-electron chi connectivity index (χ1n) is 10.8. The van der Waals surface area contributed by atoms with Crippen molar-refractivity contribution >= 4 is 31.9 Å². The summed E-state index contributed by atoms with van der Waals surface area (Å²) in [6.45, 7) is 12.0. The van der Waals surface area contributed by atoms with Gasteiger partial charge in [-0.2, -0.15) is 0 Å². The molecule has 4 atom stereocenters. The van der Waals surface area contributed by atoms with Crippen LogP contribution >= 0.6 is 0 Å². The molecule has 2 aliphatic rings. The number of rotatable bonds is 4. The molecule has 2 amide bonds. The second-order valence-corrected chi connectivity index (χ2v) is 14.9. The summed E-state index contributed by atoms with van der Waals surface area (Å²) in [6.07, 6.45) is -0.118. The first-order chi connectivity index (χ1) is 14.7. The minimum absolute atomic E-state index is 0.128. The average molecular weight is 464 g/mol. The number of hydrogen-bond donors (Lipinski definition) is 1. The normalized spacial score (nSPS) is 24.6. The first-order valence-corrected chi connectivity index (χ1v) is 13.7. The number of amides is 2. The number of imide groups is 1. The van der Waals surface area contributed by atoms with Crippen molar-refractivity contribution in [2.24, 2.45) is 11.8 Å². The molecule has 0 radical (unpaired) electrons. The topological polar surface area (TPSA) is 101 Å². The maximum absolute atomic E-state index is 14.2. The van der Waals surface area contributed by atoms with Gasteiger partial charge < -0.3 is 9.53 Å². The monoisotopic (exact) mass is 463 g/mol. The van der Waals surface area contributed by atoms with Gasteiger partial charge in [0, 0.05) is 11.5 Å². The van der Waals surface area contributed by atoms with E-state index in [0.29, 0.717) is 10.5 Å². The maximum Gasteiger partial charge on any atom is 0.395 e. The Hall–Kier alpha value is -2.39. The number of benzene rings is 1. The molecule has 1 aliphatic carbocycles. The molecule has 3 rings (SSSR count). The van der Waals surface area contributed by atoms with E-state index < -0.39 is 55.9 Å². The van der Waals surface area contributed by atoms with Crippen molar-refractivity contribution in [1.82, 2.24) is 4.90 Å². The third-order valence-corrected chi connectivity index (χ3v) is 11.8. The van der Waals surface area contributed by atoms with Crippen LogP contribution in [0.5, 0.6) is 0 Å². The van der Waals surface area contributed by atoms with Crippen LogP contribution in [0.25, 0.3) is 0 Å². The lowest BCUT2D eigenvalue weighted by Crippen LogP contribution is -2.71. The van der Waals surface area contributed by atoms with E-state index in [9.17, 15) is 28.7 Å². The number of likely N-dealkylation sites (tertiary alicyclic amines) is 1. The number of carbonyl (C=O) groups excluding carboxylic acids is 3. The summed E-state index contributed by atoms with van der Waals surface area (Å²) in [6, 6.07) is 3.33. The van der Waals surface area contributed by atoms with Crippen LogP contribution in [0, 0.1) is 17.7 Å². The second-order valence-electron chi connectivity index (χ2n) is 10.2. The van der Waals surface area contributed by atoms with E-state index in [1.807, 2.05) is 13.1 Å². The lowest BCUT2D eigenvalue weighted by molar-refractivity contribution is -0.180. The number of hydrogen-bond acceptors (Lipinski definition) is 5. The van der Waals surface area contributed by atoms with E-state index in [0.717, 1.165) is 0 Å². The summed E-state index contributed by atoms with van der Waals surface area (Å²) in [7, 11) is -2.28. The van der Waals surface area contributed by atoms with Gasteiger partial charge in [-0.05, 0) is 49.5 Å². The zero-order chi connectivity index (χ0) is 24.2. The van der Waals surface area contributed by atoms with E-state index in [2.05, 4.69) is 20.8 Å². The number of carbonyl (C=O) groups is 4. The molecule has 0 aromatic heterocycles. The molecule has 1 N–H and O–H groups in total. The van der Waals surface area contributed by atoms with E-state index in [1.54, 1.807) is 6.92 Å². The summed E-state index contributed by atoms with van der Waals surface area (Å²) in [5, 5.41) is 9.10. The van der Waals surface area contributed by atoms with Gasteiger partial charge in [0.2, 0.25) is 5.91 Å². The van der Waals surface area contributed by atoms with Gasteiger partial charge in [0.05, 0.1) is 18.1 Å². The Morgan fingerprint density at radius 2 is 1.88 bits per heavy atom. The Morgan fingerprint density at radius 3 is 2.44 bits per heavy atom. The van der Waals surface area contributed by atoms with Crippen LogP contribution in [0.2, 0.25) is 18.1 Å². The molecule has 0 saturated carbocycles. The minimum Gasteiger partial charge on any atom is -0.474 e. The van der Waals surface area contributed by atoms with Crippen molar-refractivity contribution in [3.63, 3.8) is 0 Å². The van der Waals surface area contributed by atoms with Crippen LogP contribution in [0.3, 0.4) is 0 Å². The number of fused-ring (bicyclic) bond motifs is 1. The van der Waals surface area contributed by atoms with E-state index >= 15 is 0 Å². The van der Waals surface area contributed by atoms with Crippen molar-refractivity contribution < 1.29 is 33.1 Å². The molecule has 1 aliphatic heterocycles. The largest absolute Gasteiger partial charge is 0.474 e. The SMILES string of the molecule is C[C@@H](O[Si](C)(C)C(C)(C)C)[C@H]1C(=O)N(C(=O)C(=O)O)[C@@H]1[C@H]1CCc2c(F)cccc2C1=O. The third-order valence-electron chi connectivity index (χ3n) is 7.22.